The molecule has 0 unspecified atom stereocenters. The number of benzene rings is 1. The lowest BCUT2D eigenvalue weighted by molar-refractivity contribution is 0.249. The second-order valence-corrected chi connectivity index (χ2v) is 10.4. The summed E-state index contributed by atoms with van der Waals surface area (Å²) in [6.45, 7) is 7.10. The predicted molar refractivity (Wildman–Crippen MR) is 121 cm³/mol. The average molecular weight is 459 g/mol. The summed E-state index contributed by atoms with van der Waals surface area (Å²) in [6.07, 6.45) is 3.21. The number of amides is 2. The highest BCUT2D eigenvalue weighted by molar-refractivity contribution is 7.89. The van der Waals surface area contributed by atoms with Gasteiger partial charge in [0.25, 0.3) is 0 Å². The molecule has 0 saturated heterocycles. The Hall–Kier alpha value is -2.82. The number of carbonyl (C=O) groups is 1. The summed E-state index contributed by atoms with van der Waals surface area (Å²) in [5.74, 6) is 0. The van der Waals surface area contributed by atoms with Crippen LogP contribution in [0.4, 0.5) is 10.5 Å². The smallest absolute Gasteiger partial charge is 0.319 e. The maximum atomic E-state index is 13.1. The highest BCUT2D eigenvalue weighted by atomic mass is 32.2. The Balaban J connectivity index is 1.87. The first-order chi connectivity index (χ1) is 14.5. The summed E-state index contributed by atoms with van der Waals surface area (Å²) in [4.78, 5) is 21.3. The molecule has 163 valence electrons. The first-order valence-electron chi connectivity index (χ1n) is 9.54. The molecule has 0 aliphatic heterocycles. The quantitative estimate of drug-likeness (QED) is 0.517. The van der Waals surface area contributed by atoms with Crippen molar-refractivity contribution >= 4 is 33.1 Å². The van der Waals surface area contributed by atoms with E-state index in [1.807, 2.05) is 19.1 Å². The van der Waals surface area contributed by atoms with Crippen molar-refractivity contribution in [1.82, 2.24) is 20.0 Å². The molecule has 8 nitrogen and oxygen atoms in total. The molecular weight excluding hydrogens is 434 g/mol. The lowest BCUT2D eigenvalue weighted by atomic mass is 10.1. The monoisotopic (exact) mass is 458 g/mol. The van der Waals surface area contributed by atoms with Crippen LogP contribution >= 0.6 is 11.3 Å². The first kappa shape index (κ1) is 22.9. The van der Waals surface area contributed by atoms with Crippen LogP contribution in [-0.4, -0.2) is 30.0 Å². The molecule has 1 radical (unpaired) electrons. The predicted octanol–water partition coefficient (Wildman–Crippen LogP) is 3.96. The SMILES string of the molecule is C[C@@H](NC(=O)Nc1ccc(-c2cn[c]s2)c(S(=O)(=O)NC(C)(C)C)c1)c1ccccn1. The maximum absolute atomic E-state index is 13.1. The summed E-state index contributed by atoms with van der Waals surface area (Å²) in [5.41, 5.74) is 3.61. The van der Waals surface area contributed by atoms with Crippen molar-refractivity contribution in [2.24, 2.45) is 0 Å². The Morgan fingerprint density at radius 2 is 1.97 bits per heavy atom. The summed E-state index contributed by atoms with van der Waals surface area (Å²) in [5, 5.41) is 5.49. The molecule has 10 heteroatoms. The minimum absolute atomic E-state index is 0.0515. The Bertz CT molecular complexity index is 1140. The van der Waals surface area contributed by atoms with Crippen molar-refractivity contribution in [1.29, 1.82) is 0 Å². The van der Waals surface area contributed by atoms with Crippen molar-refractivity contribution < 1.29 is 13.2 Å². The molecule has 0 bridgehead atoms. The van der Waals surface area contributed by atoms with E-state index >= 15 is 0 Å². The van der Waals surface area contributed by atoms with Crippen LogP contribution in [0.5, 0.6) is 0 Å². The minimum Gasteiger partial charge on any atom is -0.330 e. The molecule has 0 aliphatic rings. The Labute approximate surface area is 186 Å². The van der Waals surface area contributed by atoms with Gasteiger partial charge >= 0.3 is 6.03 Å². The van der Waals surface area contributed by atoms with Gasteiger partial charge in [0.15, 0.2) is 5.51 Å². The number of hydrogen-bond acceptors (Lipinski definition) is 6. The first-order valence-corrected chi connectivity index (χ1v) is 11.8. The number of nitrogens with one attached hydrogen (secondary N) is 3. The summed E-state index contributed by atoms with van der Waals surface area (Å²) >= 11 is 1.22. The number of pyridine rings is 1. The highest BCUT2D eigenvalue weighted by Gasteiger charge is 2.26. The van der Waals surface area contributed by atoms with Gasteiger partial charge in [-0.05, 0) is 52.0 Å². The number of aromatic nitrogens is 2. The number of sulfonamides is 1. The zero-order chi connectivity index (χ0) is 22.6. The van der Waals surface area contributed by atoms with Crippen LogP contribution in [0.15, 0.2) is 53.7 Å². The van der Waals surface area contributed by atoms with Crippen LogP contribution < -0.4 is 15.4 Å². The minimum atomic E-state index is -3.87. The van der Waals surface area contributed by atoms with Gasteiger partial charge in [-0.2, -0.15) is 0 Å². The number of nitrogens with zero attached hydrogens (tertiary/aromatic N) is 2. The number of carbonyl (C=O) groups excluding carboxylic acids is 1. The van der Waals surface area contributed by atoms with E-state index in [1.165, 1.54) is 17.4 Å². The highest BCUT2D eigenvalue weighted by Crippen LogP contribution is 2.32. The Morgan fingerprint density at radius 3 is 2.58 bits per heavy atom. The van der Waals surface area contributed by atoms with Crippen molar-refractivity contribution in [3.63, 3.8) is 0 Å². The van der Waals surface area contributed by atoms with Gasteiger partial charge < -0.3 is 10.6 Å². The fourth-order valence-corrected chi connectivity index (χ4v) is 5.19. The third-order valence-electron chi connectivity index (χ3n) is 4.10. The van der Waals surface area contributed by atoms with Gasteiger partial charge in [-0.3, -0.25) is 4.98 Å². The molecule has 2 heterocycles. The molecule has 1 aromatic carbocycles. The summed E-state index contributed by atoms with van der Waals surface area (Å²) < 4.78 is 28.8. The van der Waals surface area contributed by atoms with Crippen LogP contribution in [0.25, 0.3) is 10.4 Å². The number of urea groups is 1. The van der Waals surface area contributed by atoms with Crippen molar-refractivity contribution in [2.45, 2.75) is 44.2 Å². The van der Waals surface area contributed by atoms with E-state index in [0.29, 0.717) is 21.8 Å². The van der Waals surface area contributed by atoms with Gasteiger partial charge in [0, 0.05) is 29.2 Å². The lowest BCUT2D eigenvalue weighted by Gasteiger charge is -2.22. The molecule has 2 amide bonds. The van der Waals surface area contributed by atoms with Crippen LogP contribution in [0.3, 0.4) is 0 Å². The van der Waals surface area contributed by atoms with E-state index in [0.717, 1.165) is 0 Å². The fraction of sp³-hybridized carbons (Fsp3) is 0.286. The molecule has 0 fully saturated rings. The van der Waals surface area contributed by atoms with Gasteiger partial charge in [-0.1, -0.05) is 12.1 Å². The maximum Gasteiger partial charge on any atom is 0.319 e. The lowest BCUT2D eigenvalue weighted by Crippen LogP contribution is -2.40. The van der Waals surface area contributed by atoms with Crippen molar-refractivity contribution in [3.05, 3.63) is 60.0 Å². The summed E-state index contributed by atoms with van der Waals surface area (Å²) in [7, 11) is -3.87. The largest absolute Gasteiger partial charge is 0.330 e. The fourth-order valence-electron chi connectivity index (χ4n) is 2.87. The van der Waals surface area contributed by atoms with Gasteiger partial charge in [0.2, 0.25) is 10.0 Å². The third-order valence-corrected chi connectivity index (χ3v) is 6.64. The van der Waals surface area contributed by atoms with Crippen LogP contribution in [0.2, 0.25) is 0 Å². The van der Waals surface area contributed by atoms with E-state index < -0.39 is 21.6 Å². The second kappa shape index (κ2) is 9.13. The molecular formula is C21H24N5O3S2. The van der Waals surface area contributed by atoms with E-state index in [2.05, 4.69) is 30.8 Å². The molecule has 0 saturated carbocycles. The summed E-state index contributed by atoms with van der Waals surface area (Å²) in [6, 6.07) is 9.40. The molecule has 3 aromatic rings. The number of thiazole rings is 1. The molecule has 3 N–H and O–H groups in total. The standard InChI is InChI=1S/C21H24N5O3S2/c1-14(17-7-5-6-10-23-17)24-20(27)25-15-8-9-16(18-12-22-13-30-18)19(11-15)31(28,29)26-21(2,3)4/h5-12,14,26H,1-4H3,(H2,24,25,27)/t14-/m1/s1. The van der Waals surface area contributed by atoms with Crippen LogP contribution in [0.1, 0.15) is 39.4 Å². The Morgan fingerprint density at radius 1 is 1.19 bits per heavy atom. The van der Waals surface area contributed by atoms with Gasteiger partial charge in [0.1, 0.15) is 0 Å². The van der Waals surface area contributed by atoms with Crippen molar-refractivity contribution in [2.75, 3.05) is 5.32 Å². The molecule has 2 aromatic heterocycles. The molecule has 0 spiro atoms. The number of hydrogen-bond donors (Lipinski definition) is 3. The van der Waals surface area contributed by atoms with Crippen LogP contribution in [-0.2, 0) is 10.0 Å². The third kappa shape index (κ3) is 6.09. The number of anilines is 1. The van der Waals surface area contributed by atoms with Crippen molar-refractivity contribution in [3.8, 4) is 10.4 Å². The molecule has 3 rings (SSSR count). The van der Waals surface area contributed by atoms with Gasteiger partial charge in [0.05, 0.1) is 21.5 Å². The van der Waals surface area contributed by atoms with E-state index in [-0.39, 0.29) is 10.9 Å². The second-order valence-electron chi connectivity index (χ2n) is 7.96. The number of rotatable bonds is 6. The molecule has 1 atom stereocenters. The topological polar surface area (TPSA) is 113 Å². The molecule has 31 heavy (non-hydrogen) atoms. The Kier molecular flexibility index (Phi) is 6.73. The normalized spacial score (nSPS) is 12.9. The van der Waals surface area contributed by atoms with Crippen LogP contribution in [0, 0.1) is 5.51 Å². The van der Waals surface area contributed by atoms with Gasteiger partial charge in [-0.15, -0.1) is 11.3 Å². The zero-order valence-corrected chi connectivity index (χ0v) is 19.3. The van der Waals surface area contributed by atoms with E-state index in [4.69, 9.17) is 0 Å². The van der Waals surface area contributed by atoms with E-state index in [9.17, 15) is 13.2 Å². The average Bonchev–Trinajstić information content (AvgIpc) is 3.21. The van der Waals surface area contributed by atoms with E-state index in [1.54, 1.807) is 51.4 Å². The molecule has 0 aliphatic carbocycles. The zero-order valence-electron chi connectivity index (χ0n) is 17.6. The van der Waals surface area contributed by atoms with Gasteiger partial charge in [-0.25, -0.2) is 22.9 Å².